The molecule has 0 N–H and O–H groups in total. The fourth-order valence-electron chi connectivity index (χ4n) is 2.93. The molecule has 1 aliphatic rings. The summed E-state index contributed by atoms with van der Waals surface area (Å²) in [6.07, 6.45) is 0.367. The molecule has 1 aliphatic carbocycles. The Balaban J connectivity index is 1.57. The van der Waals surface area contributed by atoms with Gasteiger partial charge in [0, 0.05) is 30.1 Å². The molecule has 0 radical (unpaired) electrons. The van der Waals surface area contributed by atoms with Crippen molar-refractivity contribution in [1.82, 2.24) is 29.7 Å². The monoisotopic (exact) mass is 446 g/mol. The van der Waals surface area contributed by atoms with Gasteiger partial charge in [0.25, 0.3) is 0 Å². The van der Waals surface area contributed by atoms with Crippen molar-refractivity contribution in [3.8, 4) is 22.1 Å². The molecule has 1 saturated carbocycles. The number of halogens is 3. The zero-order chi connectivity index (χ0) is 20.7. The highest BCUT2D eigenvalue weighted by Gasteiger charge is 2.35. The second-order valence-corrected chi connectivity index (χ2v) is 8.57. The Morgan fingerprint density at radius 3 is 2.53 bits per heavy atom. The van der Waals surface area contributed by atoms with Crippen molar-refractivity contribution >= 4 is 23.1 Å². The summed E-state index contributed by atoms with van der Waals surface area (Å²) in [6.45, 7) is 0. The summed E-state index contributed by atoms with van der Waals surface area (Å²) in [5, 5.41) is 11.2. The molecule has 0 aliphatic heterocycles. The van der Waals surface area contributed by atoms with Crippen LogP contribution in [-0.2, 0) is 6.18 Å². The van der Waals surface area contributed by atoms with E-state index in [1.54, 1.807) is 23.5 Å². The topological polar surface area (TPSA) is 69.4 Å². The normalized spacial score (nSPS) is 14.2. The lowest BCUT2D eigenvalue weighted by molar-refractivity contribution is -0.141. The van der Waals surface area contributed by atoms with Gasteiger partial charge in [0.05, 0.1) is 4.88 Å². The minimum Gasteiger partial charge on any atom is -0.298 e. The van der Waals surface area contributed by atoms with Gasteiger partial charge >= 0.3 is 6.18 Å². The minimum atomic E-state index is -4.59. The Bertz CT molecular complexity index is 1170. The van der Waals surface area contributed by atoms with Gasteiger partial charge in [-0.2, -0.15) is 13.2 Å². The maximum absolute atomic E-state index is 13.5. The van der Waals surface area contributed by atoms with E-state index in [-0.39, 0.29) is 16.9 Å². The van der Waals surface area contributed by atoms with E-state index in [9.17, 15) is 13.2 Å². The van der Waals surface area contributed by atoms with Crippen LogP contribution in [0.3, 0.4) is 0 Å². The fraction of sp³-hybridized carbons (Fsp3) is 0.211. The van der Waals surface area contributed by atoms with E-state index in [0.717, 1.165) is 41.4 Å². The van der Waals surface area contributed by atoms with Crippen LogP contribution in [0.1, 0.15) is 24.6 Å². The zero-order valence-electron chi connectivity index (χ0n) is 15.2. The van der Waals surface area contributed by atoms with E-state index in [2.05, 4.69) is 25.1 Å². The van der Waals surface area contributed by atoms with Crippen LogP contribution in [0.2, 0.25) is 0 Å². The molecule has 0 aromatic carbocycles. The van der Waals surface area contributed by atoms with Crippen molar-refractivity contribution in [3.05, 3.63) is 53.8 Å². The van der Waals surface area contributed by atoms with Crippen molar-refractivity contribution in [2.45, 2.75) is 35.2 Å². The summed E-state index contributed by atoms with van der Waals surface area (Å²) in [6, 6.07) is 8.24. The third kappa shape index (κ3) is 3.82. The lowest BCUT2D eigenvalue weighted by Gasteiger charge is -2.11. The molecule has 0 bridgehead atoms. The molecule has 0 spiro atoms. The number of hydrogen-bond acceptors (Lipinski definition) is 7. The van der Waals surface area contributed by atoms with E-state index < -0.39 is 11.9 Å². The number of pyridine rings is 1. The maximum atomic E-state index is 13.5. The Kier molecular flexibility index (Phi) is 4.78. The fourth-order valence-corrected chi connectivity index (χ4v) is 4.54. The van der Waals surface area contributed by atoms with Gasteiger partial charge in [0.2, 0.25) is 0 Å². The first kappa shape index (κ1) is 19.2. The summed E-state index contributed by atoms with van der Waals surface area (Å²) in [5.41, 5.74) is -0.538. The van der Waals surface area contributed by atoms with Crippen molar-refractivity contribution in [2.24, 2.45) is 0 Å². The van der Waals surface area contributed by atoms with Crippen LogP contribution in [0.25, 0.3) is 22.1 Å². The van der Waals surface area contributed by atoms with Gasteiger partial charge in [0.15, 0.2) is 16.8 Å². The summed E-state index contributed by atoms with van der Waals surface area (Å²) in [4.78, 5) is 12.9. The first-order valence-corrected chi connectivity index (χ1v) is 10.7. The predicted octanol–water partition coefficient (Wildman–Crippen LogP) is 5.36. The van der Waals surface area contributed by atoms with Crippen molar-refractivity contribution in [2.75, 3.05) is 0 Å². The molecule has 0 saturated heterocycles. The van der Waals surface area contributed by atoms with Gasteiger partial charge < -0.3 is 0 Å². The highest BCUT2D eigenvalue weighted by Crippen LogP contribution is 2.43. The van der Waals surface area contributed by atoms with Crippen molar-refractivity contribution < 1.29 is 13.2 Å². The number of rotatable bonds is 5. The van der Waals surface area contributed by atoms with E-state index in [0.29, 0.717) is 10.7 Å². The molecule has 1 fully saturated rings. The van der Waals surface area contributed by atoms with Crippen molar-refractivity contribution in [1.29, 1.82) is 0 Å². The van der Waals surface area contributed by atoms with Gasteiger partial charge in [-0.3, -0.25) is 9.55 Å². The van der Waals surface area contributed by atoms with Crippen LogP contribution >= 0.6 is 23.1 Å². The zero-order valence-corrected chi connectivity index (χ0v) is 16.9. The maximum Gasteiger partial charge on any atom is 0.433 e. The molecule has 4 heterocycles. The SMILES string of the molecule is FC(F)(F)c1cc(Sc2nnc(-c3cccs3)n2C2CC2)nc(-c2ccncc2)n1. The van der Waals surface area contributed by atoms with Gasteiger partial charge in [-0.05, 0) is 48.2 Å². The van der Waals surface area contributed by atoms with Crippen LogP contribution in [0.4, 0.5) is 13.2 Å². The lowest BCUT2D eigenvalue weighted by atomic mass is 10.2. The second-order valence-electron chi connectivity index (χ2n) is 6.64. The Morgan fingerprint density at radius 2 is 1.87 bits per heavy atom. The van der Waals surface area contributed by atoms with Gasteiger partial charge in [-0.1, -0.05) is 6.07 Å². The first-order chi connectivity index (χ1) is 14.5. The number of thiophene rings is 1. The van der Waals surface area contributed by atoms with Crippen LogP contribution in [-0.4, -0.2) is 29.7 Å². The highest BCUT2D eigenvalue weighted by atomic mass is 32.2. The quantitative estimate of drug-likeness (QED) is 0.384. The van der Waals surface area contributed by atoms with Gasteiger partial charge in [0.1, 0.15) is 10.7 Å². The number of nitrogens with zero attached hydrogens (tertiary/aromatic N) is 6. The molecule has 5 rings (SSSR count). The average molecular weight is 446 g/mol. The molecule has 0 atom stereocenters. The van der Waals surface area contributed by atoms with Crippen LogP contribution in [0.15, 0.2) is 58.3 Å². The molecule has 4 aromatic rings. The molecule has 0 unspecified atom stereocenters. The number of aromatic nitrogens is 6. The van der Waals surface area contributed by atoms with Crippen LogP contribution in [0, 0.1) is 0 Å². The second kappa shape index (κ2) is 7.47. The Labute approximate surface area is 177 Å². The molecule has 152 valence electrons. The molecule has 0 amide bonds. The lowest BCUT2D eigenvalue weighted by Crippen LogP contribution is -2.10. The largest absolute Gasteiger partial charge is 0.433 e. The van der Waals surface area contributed by atoms with Gasteiger partial charge in [-0.25, -0.2) is 9.97 Å². The summed E-state index contributed by atoms with van der Waals surface area (Å²) < 4.78 is 42.4. The van der Waals surface area contributed by atoms with Gasteiger partial charge in [-0.15, -0.1) is 21.5 Å². The molecular formula is C19H13F3N6S2. The average Bonchev–Trinajstić information content (AvgIpc) is 3.25. The molecule has 30 heavy (non-hydrogen) atoms. The van der Waals surface area contributed by atoms with E-state index in [1.165, 1.54) is 12.4 Å². The highest BCUT2D eigenvalue weighted by molar-refractivity contribution is 7.99. The van der Waals surface area contributed by atoms with E-state index >= 15 is 0 Å². The summed E-state index contributed by atoms with van der Waals surface area (Å²) in [7, 11) is 0. The van der Waals surface area contributed by atoms with Crippen LogP contribution in [0.5, 0.6) is 0 Å². The van der Waals surface area contributed by atoms with E-state index in [4.69, 9.17) is 0 Å². The summed E-state index contributed by atoms with van der Waals surface area (Å²) in [5.74, 6) is 0.722. The minimum absolute atomic E-state index is 0.00862. The molecule has 11 heteroatoms. The van der Waals surface area contributed by atoms with E-state index in [1.807, 2.05) is 22.1 Å². The third-order valence-electron chi connectivity index (χ3n) is 4.45. The molecule has 6 nitrogen and oxygen atoms in total. The first-order valence-electron chi connectivity index (χ1n) is 9.02. The predicted molar refractivity (Wildman–Crippen MR) is 106 cm³/mol. The standard InChI is InChI=1S/C19H13F3N6S2/c20-19(21,22)14-10-15(25-16(24-14)11-5-7-23-8-6-11)30-18-27-26-17(13-2-1-9-29-13)28(18)12-3-4-12/h1-2,5-10,12H,3-4H2. The Hall–Kier alpha value is -2.79. The Morgan fingerprint density at radius 1 is 1.07 bits per heavy atom. The number of alkyl halides is 3. The molecule has 4 aromatic heterocycles. The van der Waals surface area contributed by atoms with Crippen molar-refractivity contribution in [3.63, 3.8) is 0 Å². The molecular weight excluding hydrogens is 433 g/mol. The third-order valence-corrected chi connectivity index (χ3v) is 6.19. The van der Waals surface area contributed by atoms with Crippen LogP contribution < -0.4 is 0 Å². The summed E-state index contributed by atoms with van der Waals surface area (Å²) >= 11 is 2.61. The number of hydrogen-bond donors (Lipinski definition) is 0. The smallest absolute Gasteiger partial charge is 0.298 e.